The summed E-state index contributed by atoms with van der Waals surface area (Å²) in [6, 6.07) is 0. The van der Waals surface area contributed by atoms with Gasteiger partial charge in [-0.1, -0.05) is 17.8 Å². The Kier molecular flexibility index (Phi) is 1.12. The van der Waals surface area contributed by atoms with Gasteiger partial charge in [-0.25, -0.2) is 0 Å². The molecule has 0 atom stereocenters. The van der Waals surface area contributed by atoms with Gasteiger partial charge in [-0.05, 0) is 6.08 Å². The Morgan fingerprint density at radius 3 is 3.44 bits per heavy atom. The lowest BCUT2D eigenvalue weighted by atomic mass is 10.5. The molecule has 0 N–H and O–H groups in total. The summed E-state index contributed by atoms with van der Waals surface area (Å²) < 4.78 is 5.19. The first kappa shape index (κ1) is 5.18. The van der Waals surface area contributed by atoms with Crippen molar-refractivity contribution in [2.45, 2.75) is 6.42 Å². The van der Waals surface area contributed by atoms with Crippen LogP contribution in [0.3, 0.4) is 0 Å². The summed E-state index contributed by atoms with van der Waals surface area (Å²) in [5.41, 5.74) is 0. The van der Waals surface area contributed by atoms with Gasteiger partial charge < -0.3 is 4.74 Å². The Morgan fingerprint density at radius 1 is 1.56 bits per heavy atom. The Hall–Kier alpha value is -0.630. The van der Waals surface area contributed by atoms with E-state index in [9.17, 15) is 0 Å². The van der Waals surface area contributed by atoms with Crippen LogP contribution in [0, 0.1) is 0 Å². The second-order valence-corrected chi connectivity index (χ2v) is 2.90. The molecule has 0 spiro atoms. The van der Waals surface area contributed by atoms with Crippen LogP contribution in [0.5, 0.6) is 0 Å². The molecule has 0 bridgehead atoms. The molecule has 0 saturated carbocycles. The highest BCUT2D eigenvalue weighted by Crippen LogP contribution is 2.33. The Labute approximate surface area is 58.1 Å². The molecule has 0 radical (unpaired) electrons. The van der Waals surface area contributed by atoms with Crippen LogP contribution in [0.15, 0.2) is 34.5 Å². The zero-order valence-electron chi connectivity index (χ0n) is 4.83. The first-order chi connectivity index (χ1) is 4.47. The lowest BCUT2D eigenvalue weighted by Gasteiger charge is -2.06. The first-order valence-corrected chi connectivity index (χ1v) is 3.73. The summed E-state index contributed by atoms with van der Waals surface area (Å²) in [5.74, 6) is 1.03. The van der Waals surface area contributed by atoms with Gasteiger partial charge in [0.25, 0.3) is 0 Å². The van der Waals surface area contributed by atoms with Gasteiger partial charge >= 0.3 is 0 Å². The average molecular weight is 138 g/mol. The van der Waals surface area contributed by atoms with Gasteiger partial charge in [0.2, 0.25) is 0 Å². The summed E-state index contributed by atoms with van der Waals surface area (Å²) >= 11 is 1.75. The van der Waals surface area contributed by atoms with E-state index < -0.39 is 0 Å². The van der Waals surface area contributed by atoms with E-state index >= 15 is 0 Å². The van der Waals surface area contributed by atoms with Crippen molar-refractivity contribution >= 4 is 11.8 Å². The molecule has 0 unspecified atom stereocenters. The van der Waals surface area contributed by atoms with Crippen LogP contribution in [0.1, 0.15) is 6.42 Å². The molecule has 0 aromatic rings. The lowest BCUT2D eigenvalue weighted by Crippen LogP contribution is -1.84. The van der Waals surface area contributed by atoms with E-state index in [2.05, 4.69) is 6.08 Å². The minimum atomic E-state index is 1.03. The highest BCUT2D eigenvalue weighted by atomic mass is 32.2. The van der Waals surface area contributed by atoms with Gasteiger partial charge in [0.1, 0.15) is 5.76 Å². The number of ether oxygens (including phenoxy) is 1. The average Bonchev–Trinajstić information content (AvgIpc) is 2.33. The van der Waals surface area contributed by atoms with Crippen molar-refractivity contribution in [2.75, 3.05) is 0 Å². The minimum Gasteiger partial charge on any atom is -0.464 e. The maximum atomic E-state index is 5.19. The molecule has 1 heterocycles. The van der Waals surface area contributed by atoms with E-state index in [1.54, 1.807) is 18.0 Å². The van der Waals surface area contributed by atoms with Crippen LogP contribution in [0.4, 0.5) is 0 Å². The van der Waals surface area contributed by atoms with E-state index in [1.165, 1.54) is 4.91 Å². The summed E-state index contributed by atoms with van der Waals surface area (Å²) in [4.78, 5) is 1.33. The van der Waals surface area contributed by atoms with Crippen molar-refractivity contribution in [1.29, 1.82) is 0 Å². The van der Waals surface area contributed by atoms with Crippen molar-refractivity contribution in [1.82, 2.24) is 0 Å². The van der Waals surface area contributed by atoms with E-state index in [0.717, 1.165) is 12.2 Å². The van der Waals surface area contributed by atoms with Gasteiger partial charge in [-0.2, -0.15) is 0 Å². The third-order valence-electron chi connectivity index (χ3n) is 1.31. The Morgan fingerprint density at radius 2 is 2.56 bits per heavy atom. The fraction of sp³-hybridized carbons (Fsp3) is 0.143. The molecule has 2 heteroatoms. The van der Waals surface area contributed by atoms with Crippen molar-refractivity contribution in [3.8, 4) is 0 Å². The molecular formula is C7H6OS. The molecule has 46 valence electrons. The normalized spacial score (nSPS) is 22.2. The number of hydrogen-bond donors (Lipinski definition) is 0. The summed E-state index contributed by atoms with van der Waals surface area (Å²) in [6.45, 7) is 0. The lowest BCUT2D eigenvalue weighted by molar-refractivity contribution is 0.367. The highest BCUT2D eigenvalue weighted by Gasteiger charge is 2.11. The van der Waals surface area contributed by atoms with E-state index in [0.29, 0.717) is 0 Å². The molecule has 0 aromatic heterocycles. The molecule has 1 aliphatic heterocycles. The fourth-order valence-electron chi connectivity index (χ4n) is 0.889. The van der Waals surface area contributed by atoms with Crippen molar-refractivity contribution in [2.24, 2.45) is 0 Å². The number of allylic oxidation sites excluding steroid dienone is 3. The monoisotopic (exact) mass is 138 g/mol. The van der Waals surface area contributed by atoms with Crippen LogP contribution < -0.4 is 0 Å². The second kappa shape index (κ2) is 1.95. The zero-order chi connectivity index (χ0) is 6.10. The van der Waals surface area contributed by atoms with E-state index in [-0.39, 0.29) is 0 Å². The molecule has 0 aromatic carbocycles. The molecule has 0 amide bonds. The molecule has 2 rings (SSSR count). The summed E-state index contributed by atoms with van der Waals surface area (Å²) in [6.07, 6.45) is 6.90. The highest BCUT2D eigenvalue weighted by molar-refractivity contribution is 8.05. The SMILES string of the molecule is C1=CC2=C(C1)SC=CO2. The topological polar surface area (TPSA) is 9.23 Å². The Bertz CT molecular complexity index is 213. The van der Waals surface area contributed by atoms with Gasteiger partial charge in [0, 0.05) is 16.7 Å². The number of hydrogen-bond acceptors (Lipinski definition) is 2. The fourth-order valence-corrected chi connectivity index (χ4v) is 1.59. The first-order valence-electron chi connectivity index (χ1n) is 2.85. The van der Waals surface area contributed by atoms with Crippen LogP contribution in [-0.4, -0.2) is 0 Å². The van der Waals surface area contributed by atoms with Crippen molar-refractivity contribution in [3.05, 3.63) is 34.5 Å². The molecule has 2 aliphatic rings. The predicted molar refractivity (Wildman–Crippen MR) is 38.6 cm³/mol. The summed E-state index contributed by atoms with van der Waals surface area (Å²) in [7, 11) is 0. The van der Waals surface area contributed by atoms with Gasteiger partial charge in [-0.3, -0.25) is 0 Å². The maximum Gasteiger partial charge on any atom is 0.136 e. The molecule has 1 nitrogen and oxygen atoms in total. The van der Waals surface area contributed by atoms with Gasteiger partial charge in [0.15, 0.2) is 0 Å². The largest absolute Gasteiger partial charge is 0.464 e. The van der Waals surface area contributed by atoms with E-state index in [1.807, 2.05) is 11.5 Å². The molecule has 0 fully saturated rings. The number of thioether (sulfide) groups is 1. The third kappa shape index (κ3) is 0.793. The zero-order valence-corrected chi connectivity index (χ0v) is 5.65. The van der Waals surface area contributed by atoms with Crippen LogP contribution in [-0.2, 0) is 4.74 Å². The standard InChI is InChI=1S/C7H6OS/c1-2-6-7(3-1)9-5-4-8-6/h1-2,4-5H,3H2. The number of rotatable bonds is 0. The quantitative estimate of drug-likeness (QED) is 0.508. The molecule has 9 heavy (non-hydrogen) atoms. The summed E-state index contributed by atoms with van der Waals surface area (Å²) in [5, 5.41) is 1.96. The second-order valence-electron chi connectivity index (χ2n) is 1.90. The van der Waals surface area contributed by atoms with Crippen molar-refractivity contribution < 1.29 is 4.74 Å². The van der Waals surface area contributed by atoms with E-state index in [4.69, 9.17) is 4.74 Å². The molecular weight excluding hydrogens is 132 g/mol. The predicted octanol–water partition coefficient (Wildman–Crippen LogP) is 2.39. The third-order valence-corrected chi connectivity index (χ3v) is 2.21. The van der Waals surface area contributed by atoms with Gasteiger partial charge in [0.05, 0.1) is 6.26 Å². The minimum absolute atomic E-state index is 1.03. The van der Waals surface area contributed by atoms with Crippen LogP contribution >= 0.6 is 11.8 Å². The van der Waals surface area contributed by atoms with Crippen molar-refractivity contribution in [3.63, 3.8) is 0 Å². The van der Waals surface area contributed by atoms with Gasteiger partial charge in [-0.15, -0.1) is 0 Å². The smallest absolute Gasteiger partial charge is 0.136 e. The maximum absolute atomic E-state index is 5.19. The van der Waals surface area contributed by atoms with Crippen LogP contribution in [0.2, 0.25) is 0 Å². The Balaban J connectivity index is 2.28. The van der Waals surface area contributed by atoms with Crippen LogP contribution in [0.25, 0.3) is 0 Å². The molecule has 1 aliphatic carbocycles. The molecule has 0 saturated heterocycles.